The summed E-state index contributed by atoms with van der Waals surface area (Å²) in [6.45, 7) is 12.8. The van der Waals surface area contributed by atoms with Crippen LogP contribution in [0, 0.1) is 19.8 Å². The van der Waals surface area contributed by atoms with Crippen LogP contribution < -0.4 is 10.5 Å². The molecule has 6 nitrogen and oxygen atoms in total. The maximum atomic E-state index is 12.4. The SMILES string of the molecule is Cc1ncn(CC2CCN(c3ccc(C(C)(C)C)nn3)CC2)c(=O)c1C. The molecule has 1 fully saturated rings. The normalized spacial score (nSPS) is 16.1. The minimum absolute atomic E-state index is 0.0198. The van der Waals surface area contributed by atoms with Crippen LogP contribution in [0.5, 0.6) is 0 Å². The van der Waals surface area contributed by atoms with Crippen molar-refractivity contribution in [1.82, 2.24) is 19.7 Å². The van der Waals surface area contributed by atoms with Crippen molar-refractivity contribution in [2.24, 2.45) is 5.92 Å². The van der Waals surface area contributed by atoms with Crippen molar-refractivity contribution in [1.29, 1.82) is 0 Å². The summed E-state index contributed by atoms with van der Waals surface area (Å²) in [7, 11) is 0. The van der Waals surface area contributed by atoms with E-state index >= 15 is 0 Å². The lowest BCUT2D eigenvalue weighted by molar-refractivity contribution is 0.349. The first-order valence-corrected chi connectivity index (χ1v) is 9.37. The zero-order chi connectivity index (χ0) is 18.9. The molecule has 1 saturated heterocycles. The lowest BCUT2D eigenvalue weighted by Gasteiger charge is -2.33. The summed E-state index contributed by atoms with van der Waals surface area (Å²) in [4.78, 5) is 19.0. The van der Waals surface area contributed by atoms with Gasteiger partial charge in [-0.3, -0.25) is 9.36 Å². The standard InChI is InChI=1S/C20H29N5O/c1-14-15(2)21-13-25(19(14)26)12-16-8-10-24(11-9-16)18-7-6-17(22-23-18)20(3,4)5/h6-7,13,16H,8-12H2,1-5H3. The number of rotatable bonds is 3. The van der Waals surface area contributed by atoms with Gasteiger partial charge < -0.3 is 4.90 Å². The molecule has 2 aromatic heterocycles. The minimum atomic E-state index is 0.0198. The molecule has 1 aliphatic heterocycles. The third-order valence-electron chi connectivity index (χ3n) is 5.33. The molecule has 6 heteroatoms. The average molecular weight is 355 g/mol. The third kappa shape index (κ3) is 3.94. The Bertz CT molecular complexity index is 812. The number of aryl methyl sites for hydroxylation is 1. The molecule has 0 aromatic carbocycles. The summed E-state index contributed by atoms with van der Waals surface area (Å²) >= 11 is 0. The third-order valence-corrected chi connectivity index (χ3v) is 5.33. The zero-order valence-electron chi connectivity index (χ0n) is 16.5. The van der Waals surface area contributed by atoms with Crippen LogP contribution >= 0.6 is 0 Å². The summed E-state index contributed by atoms with van der Waals surface area (Å²) < 4.78 is 1.76. The van der Waals surface area contributed by atoms with Gasteiger partial charge in [0.05, 0.1) is 12.0 Å². The van der Waals surface area contributed by atoms with Crippen molar-refractivity contribution >= 4 is 5.82 Å². The fraction of sp³-hybridized carbons (Fsp3) is 0.600. The largest absolute Gasteiger partial charge is 0.355 e. The fourth-order valence-electron chi connectivity index (χ4n) is 3.32. The maximum Gasteiger partial charge on any atom is 0.256 e. The second kappa shape index (κ2) is 7.17. The van der Waals surface area contributed by atoms with Gasteiger partial charge in [0, 0.05) is 36.3 Å². The Balaban J connectivity index is 1.61. The highest BCUT2D eigenvalue weighted by Gasteiger charge is 2.22. The van der Waals surface area contributed by atoms with Gasteiger partial charge in [0.2, 0.25) is 0 Å². The summed E-state index contributed by atoms with van der Waals surface area (Å²) in [6, 6.07) is 4.15. The Morgan fingerprint density at radius 2 is 1.81 bits per heavy atom. The molecule has 0 aliphatic carbocycles. The van der Waals surface area contributed by atoms with E-state index in [4.69, 9.17) is 0 Å². The Hall–Kier alpha value is -2.24. The predicted octanol–water partition coefficient (Wildman–Crippen LogP) is 2.86. The van der Waals surface area contributed by atoms with E-state index in [1.165, 1.54) is 0 Å². The Morgan fingerprint density at radius 1 is 1.12 bits per heavy atom. The van der Waals surface area contributed by atoms with Crippen molar-refractivity contribution in [3.63, 3.8) is 0 Å². The van der Waals surface area contributed by atoms with Crippen molar-refractivity contribution in [2.75, 3.05) is 18.0 Å². The van der Waals surface area contributed by atoms with Crippen molar-refractivity contribution in [3.8, 4) is 0 Å². The Morgan fingerprint density at radius 3 is 2.38 bits per heavy atom. The number of nitrogens with zero attached hydrogens (tertiary/aromatic N) is 5. The molecule has 0 atom stereocenters. The Labute approximate surface area is 155 Å². The number of hydrogen-bond acceptors (Lipinski definition) is 5. The molecular formula is C20H29N5O. The molecule has 0 radical (unpaired) electrons. The molecule has 0 bridgehead atoms. The number of hydrogen-bond donors (Lipinski definition) is 0. The van der Waals surface area contributed by atoms with Crippen molar-refractivity contribution < 1.29 is 0 Å². The monoisotopic (exact) mass is 355 g/mol. The van der Waals surface area contributed by atoms with Crippen LogP contribution in [0.15, 0.2) is 23.3 Å². The number of anilines is 1. The van der Waals surface area contributed by atoms with Crippen LogP contribution in [0.3, 0.4) is 0 Å². The van der Waals surface area contributed by atoms with Gasteiger partial charge in [-0.1, -0.05) is 20.8 Å². The van der Waals surface area contributed by atoms with Gasteiger partial charge in [0.1, 0.15) is 0 Å². The molecule has 0 amide bonds. The fourth-order valence-corrected chi connectivity index (χ4v) is 3.32. The lowest BCUT2D eigenvalue weighted by Crippen LogP contribution is -2.37. The Kier molecular flexibility index (Phi) is 5.12. The highest BCUT2D eigenvalue weighted by Crippen LogP contribution is 2.24. The van der Waals surface area contributed by atoms with E-state index in [9.17, 15) is 4.79 Å². The summed E-state index contributed by atoms with van der Waals surface area (Å²) in [5, 5.41) is 8.82. The summed E-state index contributed by atoms with van der Waals surface area (Å²) in [6.07, 6.45) is 3.78. The van der Waals surface area contributed by atoms with Crippen LogP contribution in [0.25, 0.3) is 0 Å². The molecule has 2 aromatic rings. The van der Waals surface area contributed by atoms with E-state index in [0.29, 0.717) is 5.92 Å². The second-order valence-electron chi connectivity index (χ2n) is 8.37. The predicted molar refractivity (Wildman–Crippen MR) is 104 cm³/mol. The molecule has 1 aliphatic rings. The minimum Gasteiger partial charge on any atom is -0.355 e. The van der Waals surface area contributed by atoms with Crippen molar-refractivity contribution in [2.45, 2.75) is 59.4 Å². The van der Waals surface area contributed by atoms with E-state index in [2.05, 4.69) is 53.0 Å². The quantitative estimate of drug-likeness (QED) is 0.847. The molecule has 0 unspecified atom stereocenters. The van der Waals surface area contributed by atoms with E-state index in [1.807, 2.05) is 13.8 Å². The average Bonchev–Trinajstić information content (AvgIpc) is 2.62. The number of aromatic nitrogens is 4. The van der Waals surface area contributed by atoms with Crippen LogP contribution in [0.4, 0.5) is 5.82 Å². The van der Waals surface area contributed by atoms with Crippen LogP contribution in [-0.2, 0) is 12.0 Å². The molecule has 0 spiro atoms. The van der Waals surface area contributed by atoms with Gasteiger partial charge >= 0.3 is 0 Å². The topological polar surface area (TPSA) is 63.9 Å². The van der Waals surface area contributed by atoms with Crippen LogP contribution in [-0.4, -0.2) is 32.8 Å². The summed E-state index contributed by atoms with van der Waals surface area (Å²) in [5.41, 5.74) is 2.69. The zero-order valence-corrected chi connectivity index (χ0v) is 16.5. The lowest BCUT2D eigenvalue weighted by atomic mass is 9.92. The molecule has 3 heterocycles. The van der Waals surface area contributed by atoms with Gasteiger partial charge in [-0.05, 0) is 44.7 Å². The molecule has 0 N–H and O–H groups in total. The van der Waals surface area contributed by atoms with Crippen LogP contribution in [0.1, 0.15) is 50.6 Å². The van der Waals surface area contributed by atoms with Gasteiger partial charge in [0.15, 0.2) is 5.82 Å². The van der Waals surface area contributed by atoms with Crippen molar-refractivity contribution in [3.05, 3.63) is 45.8 Å². The first kappa shape index (κ1) is 18.5. The van der Waals surface area contributed by atoms with Gasteiger partial charge in [-0.15, -0.1) is 5.10 Å². The highest BCUT2D eigenvalue weighted by molar-refractivity contribution is 5.38. The smallest absolute Gasteiger partial charge is 0.256 e. The highest BCUT2D eigenvalue weighted by atomic mass is 16.1. The molecule has 0 saturated carbocycles. The second-order valence-corrected chi connectivity index (χ2v) is 8.37. The summed E-state index contributed by atoms with van der Waals surface area (Å²) in [5.74, 6) is 1.44. The molecule has 140 valence electrons. The molecular weight excluding hydrogens is 326 g/mol. The van der Waals surface area contributed by atoms with Gasteiger partial charge in [0.25, 0.3) is 5.56 Å². The number of piperidine rings is 1. The van der Waals surface area contributed by atoms with Gasteiger partial charge in [-0.2, -0.15) is 5.10 Å². The van der Waals surface area contributed by atoms with Gasteiger partial charge in [-0.25, -0.2) is 4.98 Å². The van der Waals surface area contributed by atoms with E-state index < -0.39 is 0 Å². The maximum absolute atomic E-state index is 12.4. The van der Waals surface area contributed by atoms with Crippen LogP contribution in [0.2, 0.25) is 0 Å². The first-order chi connectivity index (χ1) is 12.3. The van der Waals surface area contributed by atoms with E-state index in [1.54, 1.807) is 10.9 Å². The first-order valence-electron chi connectivity index (χ1n) is 9.37. The van der Waals surface area contributed by atoms with E-state index in [0.717, 1.165) is 55.2 Å². The molecule has 26 heavy (non-hydrogen) atoms. The molecule has 3 rings (SSSR count). The van der Waals surface area contributed by atoms with E-state index in [-0.39, 0.29) is 11.0 Å².